The van der Waals surface area contributed by atoms with E-state index in [1.54, 1.807) is 0 Å². The van der Waals surface area contributed by atoms with Gasteiger partial charge in [-0.15, -0.1) is 0 Å². The molecule has 23 heavy (non-hydrogen) atoms. The zero-order chi connectivity index (χ0) is 16.8. The van der Waals surface area contributed by atoms with E-state index in [9.17, 15) is 8.78 Å². The Morgan fingerprint density at radius 1 is 1.13 bits per heavy atom. The number of anilines is 1. The summed E-state index contributed by atoms with van der Waals surface area (Å²) >= 11 is 0. The monoisotopic (exact) mass is 319 g/mol. The number of halogens is 2. The Kier molecular flexibility index (Phi) is 6.11. The molecule has 1 aliphatic carbocycles. The van der Waals surface area contributed by atoms with Gasteiger partial charge in [0.15, 0.2) is 0 Å². The van der Waals surface area contributed by atoms with Gasteiger partial charge in [0, 0.05) is 25.3 Å². The van der Waals surface area contributed by atoms with Crippen LogP contribution in [0.3, 0.4) is 0 Å². The summed E-state index contributed by atoms with van der Waals surface area (Å²) in [6, 6.07) is 4.01. The fraction of sp³-hybridized carbons (Fsp3) is 0.368. The van der Waals surface area contributed by atoms with Gasteiger partial charge < -0.3 is 10.1 Å². The molecule has 1 aromatic carbocycles. The lowest BCUT2D eigenvalue weighted by molar-refractivity contribution is 0.133. The Bertz CT molecular complexity index is 660. The van der Waals surface area contributed by atoms with Gasteiger partial charge in [0.1, 0.15) is 11.7 Å². The summed E-state index contributed by atoms with van der Waals surface area (Å²) in [6.45, 7) is 7.72. The first-order valence-corrected chi connectivity index (χ1v) is 7.84. The van der Waals surface area contributed by atoms with Crippen LogP contribution in [-0.2, 0) is 11.3 Å². The Hall–Kier alpha value is -1.94. The first kappa shape index (κ1) is 17.4. The second kappa shape index (κ2) is 8.06. The van der Waals surface area contributed by atoms with Gasteiger partial charge in [0.25, 0.3) is 0 Å². The van der Waals surface area contributed by atoms with Gasteiger partial charge in [-0.05, 0) is 67.3 Å². The summed E-state index contributed by atoms with van der Waals surface area (Å²) in [5, 5.41) is 3.26. The van der Waals surface area contributed by atoms with Gasteiger partial charge in [0.05, 0.1) is 6.61 Å². The van der Waals surface area contributed by atoms with E-state index in [0.29, 0.717) is 25.3 Å². The van der Waals surface area contributed by atoms with Gasteiger partial charge in [-0.3, -0.25) is 0 Å². The van der Waals surface area contributed by atoms with Crippen LogP contribution in [0.5, 0.6) is 0 Å². The van der Waals surface area contributed by atoms with Crippen molar-refractivity contribution in [1.29, 1.82) is 0 Å². The van der Waals surface area contributed by atoms with E-state index in [4.69, 9.17) is 4.74 Å². The molecule has 0 spiro atoms. The number of ether oxygens (including phenoxy) is 1. The van der Waals surface area contributed by atoms with Crippen LogP contribution in [0, 0.1) is 13.8 Å². The fourth-order valence-corrected chi connectivity index (χ4v) is 2.47. The Morgan fingerprint density at radius 3 is 2.65 bits per heavy atom. The van der Waals surface area contributed by atoms with Crippen molar-refractivity contribution in [2.24, 2.45) is 0 Å². The Morgan fingerprint density at radius 2 is 1.91 bits per heavy atom. The van der Waals surface area contributed by atoms with E-state index < -0.39 is 5.83 Å². The molecule has 0 heterocycles. The SMILES string of the molecule is CCOCc1ccc(NCC2=CC(F)=CCC(F)=C2)c(C)c1C. The lowest BCUT2D eigenvalue weighted by atomic mass is 10.0. The number of benzene rings is 1. The summed E-state index contributed by atoms with van der Waals surface area (Å²) < 4.78 is 32.4. The van der Waals surface area contributed by atoms with Crippen molar-refractivity contribution in [2.45, 2.75) is 33.8 Å². The standard InChI is InChI=1S/C19H23F2NO/c1-4-23-12-16-5-8-19(14(3)13(16)2)22-11-15-9-17(20)6-7-18(21)10-15/h5-6,8-10,22H,4,7,11-12H2,1-3H3. The molecule has 0 atom stereocenters. The number of nitrogens with one attached hydrogen (secondary N) is 1. The highest BCUT2D eigenvalue weighted by Crippen LogP contribution is 2.24. The normalized spacial score (nSPS) is 14.7. The van der Waals surface area contributed by atoms with Crippen molar-refractivity contribution in [3.63, 3.8) is 0 Å². The third-order valence-electron chi connectivity index (χ3n) is 4.00. The van der Waals surface area contributed by atoms with Crippen molar-refractivity contribution >= 4 is 5.69 Å². The first-order valence-electron chi connectivity index (χ1n) is 7.84. The molecule has 1 aromatic rings. The van der Waals surface area contributed by atoms with Crippen LogP contribution in [0.1, 0.15) is 30.0 Å². The molecule has 1 N–H and O–H groups in total. The summed E-state index contributed by atoms with van der Waals surface area (Å²) in [7, 11) is 0. The van der Waals surface area contributed by atoms with Crippen LogP contribution >= 0.6 is 0 Å². The van der Waals surface area contributed by atoms with E-state index in [0.717, 1.165) is 16.8 Å². The third-order valence-corrected chi connectivity index (χ3v) is 4.00. The quantitative estimate of drug-likeness (QED) is 0.769. The molecule has 4 heteroatoms. The maximum Gasteiger partial charge on any atom is 0.119 e. The maximum absolute atomic E-state index is 13.5. The zero-order valence-electron chi connectivity index (χ0n) is 13.9. The lowest BCUT2D eigenvalue weighted by Crippen LogP contribution is -2.07. The first-order chi connectivity index (χ1) is 11.0. The van der Waals surface area contributed by atoms with Crippen LogP contribution in [-0.4, -0.2) is 13.2 Å². The molecule has 0 saturated carbocycles. The van der Waals surface area contributed by atoms with E-state index in [1.807, 2.05) is 26.0 Å². The van der Waals surface area contributed by atoms with E-state index in [1.165, 1.54) is 23.8 Å². The van der Waals surface area contributed by atoms with Crippen molar-refractivity contribution in [3.05, 3.63) is 64.3 Å². The van der Waals surface area contributed by atoms with E-state index >= 15 is 0 Å². The molecule has 1 aliphatic rings. The minimum atomic E-state index is -0.398. The highest BCUT2D eigenvalue weighted by atomic mass is 19.1. The molecule has 2 rings (SSSR count). The molecule has 0 saturated heterocycles. The third kappa shape index (κ3) is 4.76. The van der Waals surface area contributed by atoms with Gasteiger partial charge >= 0.3 is 0 Å². The van der Waals surface area contributed by atoms with Gasteiger partial charge in [0.2, 0.25) is 0 Å². The molecular weight excluding hydrogens is 296 g/mol. The van der Waals surface area contributed by atoms with Crippen molar-refractivity contribution in [2.75, 3.05) is 18.5 Å². The highest BCUT2D eigenvalue weighted by molar-refractivity contribution is 5.57. The molecular formula is C19H23F2NO. The molecule has 0 unspecified atom stereocenters. The van der Waals surface area contributed by atoms with E-state index in [2.05, 4.69) is 12.2 Å². The fourth-order valence-electron chi connectivity index (χ4n) is 2.47. The van der Waals surface area contributed by atoms with Crippen molar-refractivity contribution in [3.8, 4) is 0 Å². The molecule has 124 valence electrons. The predicted octanol–water partition coefficient (Wildman–Crippen LogP) is 5.29. The van der Waals surface area contributed by atoms with Crippen molar-refractivity contribution in [1.82, 2.24) is 0 Å². The van der Waals surface area contributed by atoms with Gasteiger partial charge in [-0.25, -0.2) is 8.78 Å². The molecule has 0 aliphatic heterocycles. The second-order valence-corrected chi connectivity index (χ2v) is 5.62. The average molecular weight is 319 g/mol. The van der Waals surface area contributed by atoms with Crippen LogP contribution < -0.4 is 5.32 Å². The minimum absolute atomic E-state index is 0.0100. The summed E-state index contributed by atoms with van der Waals surface area (Å²) in [4.78, 5) is 0. The number of allylic oxidation sites excluding steroid dienone is 4. The Balaban J connectivity index is 2.10. The minimum Gasteiger partial charge on any atom is -0.381 e. The van der Waals surface area contributed by atoms with Crippen LogP contribution in [0.25, 0.3) is 0 Å². The van der Waals surface area contributed by atoms with Crippen LogP contribution in [0.15, 0.2) is 47.6 Å². The second-order valence-electron chi connectivity index (χ2n) is 5.62. The van der Waals surface area contributed by atoms with Gasteiger partial charge in [-0.2, -0.15) is 0 Å². The molecule has 0 fully saturated rings. The number of hydrogen-bond acceptors (Lipinski definition) is 2. The summed E-state index contributed by atoms with van der Waals surface area (Å²) in [6.07, 6.45) is 4.01. The average Bonchev–Trinajstić information content (AvgIpc) is 2.69. The Labute approximate surface area is 136 Å². The summed E-state index contributed by atoms with van der Waals surface area (Å²) in [5.74, 6) is -0.726. The molecule has 0 amide bonds. The van der Waals surface area contributed by atoms with Crippen LogP contribution in [0.2, 0.25) is 0 Å². The smallest absolute Gasteiger partial charge is 0.119 e. The zero-order valence-corrected chi connectivity index (χ0v) is 13.9. The topological polar surface area (TPSA) is 21.3 Å². The predicted molar refractivity (Wildman–Crippen MR) is 90.8 cm³/mol. The highest BCUT2D eigenvalue weighted by Gasteiger charge is 2.08. The largest absolute Gasteiger partial charge is 0.381 e. The summed E-state index contributed by atoms with van der Waals surface area (Å²) in [5.41, 5.74) is 5.00. The molecule has 0 radical (unpaired) electrons. The molecule has 0 bridgehead atoms. The number of hydrogen-bond donors (Lipinski definition) is 1. The molecule has 0 aromatic heterocycles. The van der Waals surface area contributed by atoms with Crippen LogP contribution in [0.4, 0.5) is 14.5 Å². The van der Waals surface area contributed by atoms with E-state index in [-0.39, 0.29) is 12.2 Å². The van der Waals surface area contributed by atoms with Crippen molar-refractivity contribution < 1.29 is 13.5 Å². The number of rotatable bonds is 6. The molecule has 2 nitrogen and oxygen atoms in total. The lowest BCUT2D eigenvalue weighted by Gasteiger charge is -2.15. The maximum atomic E-state index is 13.5. The van der Waals surface area contributed by atoms with Gasteiger partial charge in [-0.1, -0.05) is 6.07 Å².